The van der Waals surface area contributed by atoms with Crippen molar-refractivity contribution in [2.75, 3.05) is 39.4 Å². The fraction of sp³-hybridized carbons (Fsp3) is 0.280. The Morgan fingerprint density at radius 1 is 1.06 bits per heavy atom. The van der Waals surface area contributed by atoms with Crippen LogP contribution < -0.4 is 5.32 Å². The Kier molecular flexibility index (Phi) is 6.70. The lowest BCUT2D eigenvalue weighted by Crippen LogP contribution is -2.41. The summed E-state index contributed by atoms with van der Waals surface area (Å²) >= 11 is 0. The number of amides is 1. The average Bonchev–Trinajstić information content (AvgIpc) is 2.79. The minimum atomic E-state index is -0.341. The van der Waals surface area contributed by atoms with Crippen LogP contribution in [0.1, 0.15) is 16.1 Å². The first-order chi connectivity index (χ1) is 15.1. The van der Waals surface area contributed by atoms with Crippen LogP contribution in [-0.2, 0) is 4.74 Å². The summed E-state index contributed by atoms with van der Waals surface area (Å²) in [5.74, 6) is -0.538. The van der Waals surface area contributed by atoms with E-state index in [0.29, 0.717) is 28.9 Å². The molecule has 0 atom stereocenters. The van der Waals surface area contributed by atoms with E-state index in [1.807, 2.05) is 49.4 Å². The number of aromatic nitrogens is 1. The molecule has 2 heterocycles. The minimum Gasteiger partial charge on any atom is -0.379 e. The third kappa shape index (κ3) is 5.16. The van der Waals surface area contributed by atoms with Crippen molar-refractivity contribution in [3.63, 3.8) is 0 Å². The van der Waals surface area contributed by atoms with Gasteiger partial charge in [0.1, 0.15) is 5.82 Å². The number of aryl methyl sites for hydroxylation is 1. The minimum absolute atomic E-state index is 0.197. The fourth-order valence-electron chi connectivity index (χ4n) is 3.84. The molecule has 0 radical (unpaired) electrons. The Morgan fingerprint density at radius 2 is 1.81 bits per heavy atom. The van der Waals surface area contributed by atoms with Gasteiger partial charge in [0, 0.05) is 31.7 Å². The molecule has 1 aliphatic rings. The highest BCUT2D eigenvalue weighted by molar-refractivity contribution is 6.02. The van der Waals surface area contributed by atoms with E-state index in [1.54, 1.807) is 6.07 Å². The lowest BCUT2D eigenvalue weighted by molar-refractivity contribution is 0.0383. The second kappa shape index (κ2) is 9.81. The van der Waals surface area contributed by atoms with Gasteiger partial charge in [-0.2, -0.15) is 0 Å². The number of morpholine rings is 1. The molecule has 1 aromatic heterocycles. The first kappa shape index (κ1) is 21.2. The van der Waals surface area contributed by atoms with Gasteiger partial charge in [0.15, 0.2) is 0 Å². The summed E-state index contributed by atoms with van der Waals surface area (Å²) in [6.07, 6.45) is 0. The number of carbonyl (C=O) groups excluding carboxylic acids is 1. The van der Waals surface area contributed by atoms with Gasteiger partial charge in [-0.15, -0.1) is 0 Å². The molecule has 3 aromatic rings. The van der Waals surface area contributed by atoms with Crippen LogP contribution in [-0.4, -0.2) is 55.2 Å². The van der Waals surface area contributed by atoms with Crippen molar-refractivity contribution in [1.29, 1.82) is 0 Å². The lowest BCUT2D eigenvalue weighted by Gasteiger charge is -2.26. The zero-order valence-corrected chi connectivity index (χ0v) is 17.6. The number of carbonyl (C=O) groups is 1. The van der Waals surface area contributed by atoms with Crippen LogP contribution in [0.25, 0.3) is 22.4 Å². The Bertz CT molecular complexity index is 1050. The van der Waals surface area contributed by atoms with Gasteiger partial charge in [-0.25, -0.2) is 4.39 Å². The maximum Gasteiger partial charge on any atom is 0.253 e. The fourth-order valence-corrected chi connectivity index (χ4v) is 3.84. The molecule has 160 valence electrons. The van der Waals surface area contributed by atoms with E-state index in [1.165, 1.54) is 12.1 Å². The van der Waals surface area contributed by atoms with E-state index >= 15 is 0 Å². The van der Waals surface area contributed by atoms with Crippen LogP contribution >= 0.6 is 0 Å². The summed E-state index contributed by atoms with van der Waals surface area (Å²) in [7, 11) is 0. The van der Waals surface area contributed by atoms with Gasteiger partial charge in [-0.05, 0) is 36.2 Å². The maximum absolute atomic E-state index is 14.0. The summed E-state index contributed by atoms with van der Waals surface area (Å²) in [5.41, 5.74) is 4.12. The van der Waals surface area contributed by atoms with E-state index in [0.717, 1.165) is 44.1 Å². The van der Waals surface area contributed by atoms with Crippen LogP contribution in [0.5, 0.6) is 0 Å². The summed E-state index contributed by atoms with van der Waals surface area (Å²) < 4.78 is 19.4. The van der Waals surface area contributed by atoms with Crippen LogP contribution in [0.2, 0.25) is 0 Å². The van der Waals surface area contributed by atoms with Crippen molar-refractivity contribution < 1.29 is 13.9 Å². The molecule has 0 bridgehead atoms. The molecule has 0 unspecified atom stereocenters. The number of nitrogens with one attached hydrogen (secondary N) is 1. The second-order valence-electron chi connectivity index (χ2n) is 7.60. The molecular weight excluding hydrogens is 393 g/mol. The lowest BCUT2D eigenvalue weighted by atomic mass is 9.96. The normalized spacial score (nSPS) is 14.4. The van der Waals surface area contributed by atoms with E-state index in [-0.39, 0.29) is 11.7 Å². The molecule has 0 aliphatic carbocycles. The highest BCUT2D eigenvalue weighted by atomic mass is 19.1. The molecular formula is C25H26FN3O2. The number of hydrogen-bond donors (Lipinski definition) is 1. The van der Waals surface area contributed by atoms with Gasteiger partial charge in [0.2, 0.25) is 0 Å². The number of hydrogen-bond acceptors (Lipinski definition) is 4. The molecule has 0 spiro atoms. The van der Waals surface area contributed by atoms with E-state index in [4.69, 9.17) is 4.74 Å². The van der Waals surface area contributed by atoms with Gasteiger partial charge >= 0.3 is 0 Å². The number of ether oxygens (including phenoxy) is 1. The van der Waals surface area contributed by atoms with Gasteiger partial charge in [0.25, 0.3) is 5.91 Å². The van der Waals surface area contributed by atoms with E-state index in [2.05, 4.69) is 15.2 Å². The zero-order chi connectivity index (χ0) is 21.6. The van der Waals surface area contributed by atoms with Gasteiger partial charge in [-0.1, -0.05) is 42.5 Å². The number of rotatable bonds is 6. The molecule has 4 rings (SSSR count). The summed E-state index contributed by atoms with van der Waals surface area (Å²) in [5, 5.41) is 3.02. The zero-order valence-electron chi connectivity index (χ0n) is 17.6. The molecule has 6 heteroatoms. The SMILES string of the molecule is Cc1nc(-c2ccccc2)cc(-c2cccc(F)c2)c1C(=O)NCCN1CCOCC1. The van der Waals surface area contributed by atoms with Gasteiger partial charge in [-0.3, -0.25) is 14.7 Å². The molecule has 5 nitrogen and oxygen atoms in total. The van der Waals surface area contributed by atoms with Crippen LogP contribution in [0.3, 0.4) is 0 Å². The van der Waals surface area contributed by atoms with Gasteiger partial charge in [0.05, 0.1) is 30.2 Å². The Labute approximate surface area is 181 Å². The molecule has 2 aromatic carbocycles. The monoisotopic (exact) mass is 419 g/mol. The predicted molar refractivity (Wildman–Crippen MR) is 119 cm³/mol. The molecule has 1 amide bonds. The number of halogens is 1. The predicted octanol–water partition coefficient (Wildman–Crippen LogP) is 3.93. The quantitative estimate of drug-likeness (QED) is 0.658. The molecule has 0 saturated carbocycles. The summed E-state index contributed by atoms with van der Waals surface area (Å²) in [6.45, 7) is 6.31. The number of benzene rings is 2. The standard InChI is InChI=1S/C25H26FN3O2/c1-18-24(25(30)27-10-11-29-12-14-31-15-13-29)22(20-8-5-9-21(26)16-20)17-23(28-18)19-6-3-2-4-7-19/h2-9,16-17H,10-15H2,1H3,(H,27,30). The van der Waals surface area contributed by atoms with Crippen molar-refractivity contribution in [2.45, 2.75) is 6.92 Å². The Morgan fingerprint density at radius 3 is 2.55 bits per heavy atom. The molecule has 1 aliphatic heterocycles. The third-order valence-electron chi connectivity index (χ3n) is 5.45. The topological polar surface area (TPSA) is 54.5 Å². The number of nitrogens with zero attached hydrogens (tertiary/aromatic N) is 2. The number of pyridine rings is 1. The van der Waals surface area contributed by atoms with Crippen molar-refractivity contribution >= 4 is 5.91 Å². The molecule has 1 saturated heterocycles. The van der Waals surface area contributed by atoms with Crippen molar-refractivity contribution in [3.05, 3.63) is 77.7 Å². The summed E-state index contributed by atoms with van der Waals surface area (Å²) in [4.78, 5) is 20.1. The van der Waals surface area contributed by atoms with Gasteiger partial charge < -0.3 is 10.1 Å². The van der Waals surface area contributed by atoms with Crippen molar-refractivity contribution in [1.82, 2.24) is 15.2 Å². The molecule has 1 fully saturated rings. The van der Waals surface area contributed by atoms with Crippen molar-refractivity contribution in [3.8, 4) is 22.4 Å². The van der Waals surface area contributed by atoms with Crippen LogP contribution in [0.15, 0.2) is 60.7 Å². The average molecular weight is 420 g/mol. The summed E-state index contributed by atoms with van der Waals surface area (Å²) in [6, 6.07) is 18.0. The van der Waals surface area contributed by atoms with Crippen LogP contribution in [0, 0.1) is 12.7 Å². The first-order valence-corrected chi connectivity index (χ1v) is 10.5. The Balaban J connectivity index is 1.64. The molecule has 31 heavy (non-hydrogen) atoms. The largest absolute Gasteiger partial charge is 0.379 e. The smallest absolute Gasteiger partial charge is 0.253 e. The third-order valence-corrected chi connectivity index (χ3v) is 5.45. The Hall–Kier alpha value is -3.09. The van der Waals surface area contributed by atoms with E-state index in [9.17, 15) is 9.18 Å². The first-order valence-electron chi connectivity index (χ1n) is 10.5. The highest BCUT2D eigenvalue weighted by Crippen LogP contribution is 2.30. The maximum atomic E-state index is 14.0. The molecule has 1 N–H and O–H groups in total. The van der Waals surface area contributed by atoms with Crippen molar-refractivity contribution in [2.24, 2.45) is 0 Å². The van der Waals surface area contributed by atoms with Crippen LogP contribution in [0.4, 0.5) is 4.39 Å². The highest BCUT2D eigenvalue weighted by Gasteiger charge is 2.20. The second-order valence-corrected chi connectivity index (χ2v) is 7.60. The van der Waals surface area contributed by atoms with E-state index < -0.39 is 0 Å².